The molecule has 10 heteroatoms. The predicted molar refractivity (Wildman–Crippen MR) is 150 cm³/mol. The van der Waals surface area contributed by atoms with Crippen molar-refractivity contribution in [3.63, 3.8) is 0 Å². The number of hydrogen-bond acceptors (Lipinski definition) is 7. The van der Waals surface area contributed by atoms with Gasteiger partial charge in [-0.1, -0.05) is 48.5 Å². The van der Waals surface area contributed by atoms with Gasteiger partial charge in [0.1, 0.15) is 0 Å². The summed E-state index contributed by atoms with van der Waals surface area (Å²) in [6.45, 7) is 3.40. The summed E-state index contributed by atoms with van der Waals surface area (Å²) in [6.07, 6.45) is 5.84. The second-order valence-electron chi connectivity index (χ2n) is 9.71. The van der Waals surface area contributed by atoms with Crippen LogP contribution < -0.4 is 31.2 Å². The predicted octanol–water partition coefficient (Wildman–Crippen LogP) is 1.70. The van der Waals surface area contributed by atoms with Crippen LogP contribution in [0.25, 0.3) is 17.2 Å². The van der Waals surface area contributed by atoms with Crippen molar-refractivity contribution < 1.29 is 49.9 Å². The van der Waals surface area contributed by atoms with Crippen LogP contribution in [0.5, 0.6) is 5.75 Å². The minimum Gasteiger partial charge on any atom is -1.00 e. The van der Waals surface area contributed by atoms with E-state index >= 15 is 0 Å². The van der Waals surface area contributed by atoms with E-state index in [2.05, 4.69) is 16.4 Å². The molecular weight excluding hydrogens is 602 g/mol. The summed E-state index contributed by atoms with van der Waals surface area (Å²) >= 11 is 0. The number of para-hydroxylation sites is 4. The zero-order valence-electron chi connectivity index (χ0n) is 22.9. The largest absolute Gasteiger partial charge is 1.00 e. The number of oxazole rings is 1. The van der Waals surface area contributed by atoms with Gasteiger partial charge in [0.15, 0.2) is 12.3 Å². The van der Waals surface area contributed by atoms with Crippen LogP contribution >= 0.6 is 0 Å². The highest BCUT2D eigenvalue weighted by Gasteiger charge is 2.33. The molecule has 3 aromatic carbocycles. The minimum atomic E-state index is -0.658. The number of hydrogen-bond donors (Lipinski definition) is 0. The molecule has 214 valence electrons. The maximum Gasteiger partial charge on any atom is 0.374 e. The second kappa shape index (κ2) is 12.4. The fraction of sp³-hybridized carbons (Fsp3) is 0.188. The van der Waals surface area contributed by atoms with Crippen LogP contribution in [0.1, 0.15) is 36.8 Å². The van der Waals surface area contributed by atoms with E-state index in [4.69, 9.17) is 14.0 Å². The highest BCUT2D eigenvalue weighted by Crippen LogP contribution is 2.38. The number of anilines is 1. The quantitative estimate of drug-likeness (QED) is 0.216. The van der Waals surface area contributed by atoms with E-state index in [-0.39, 0.29) is 36.2 Å². The number of aromatic nitrogens is 1. The molecule has 0 bridgehead atoms. The Morgan fingerprint density at radius 3 is 2.40 bits per heavy atom. The SMILES string of the molecule is CCN1/C(=C\C=C/c2oc3ccccc3[n+]2Cc2ccc(CC(=O)ON3C(=O)CCC3=O)cc2)Oc2ccccc21.[Br-]. The lowest BCUT2D eigenvalue weighted by molar-refractivity contribution is -0.669. The van der Waals surface area contributed by atoms with Crippen molar-refractivity contribution in [2.75, 3.05) is 11.4 Å². The number of carbonyl (C=O) groups excluding carboxylic acids is 3. The molecule has 2 amide bonds. The number of amides is 2. The molecule has 9 nitrogen and oxygen atoms in total. The summed E-state index contributed by atoms with van der Waals surface area (Å²) in [6, 6.07) is 23.3. The Kier molecular flexibility index (Phi) is 8.53. The number of hydroxylamine groups is 2. The fourth-order valence-electron chi connectivity index (χ4n) is 4.96. The van der Waals surface area contributed by atoms with Crippen LogP contribution in [0.15, 0.2) is 95.2 Å². The average Bonchev–Trinajstić information content (AvgIpc) is 3.62. The molecule has 6 rings (SSSR count). The van der Waals surface area contributed by atoms with Gasteiger partial charge in [-0.25, -0.2) is 4.79 Å². The van der Waals surface area contributed by atoms with Crippen LogP contribution in [0.2, 0.25) is 0 Å². The Bertz CT molecular complexity index is 1690. The molecule has 0 spiro atoms. The van der Waals surface area contributed by atoms with Crippen LogP contribution in [-0.2, 0) is 32.2 Å². The van der Waals surface area contributed by atoms with Gasteiger partial charge < -0.3 is 35.9 Å². The van der Waals surface area contributed by atoms with Crippen LogP contribution in [0, 0.1) is 0 Å². The first-order valence-corrected chi connectivity index (χ1v) is 13.5. The Morgan fingerprint density at radius 2 is 1.64 bits per heavy atom. The number of rotatable bonds is 8. The minimum absolute atomic E-state index is 0. The molecule has 42 heavy (non-hydrogen) atoms. The number of ether oxygens (including phenoxy) is 1. The zero-order valence-corrected chi connectivity index (χ0v) is 24.5. The van der Waals surface area contributed by atoms with E-state index in [1.807, 2.05) is 91.0 Å². The normalized spacial score (nSPS) is 15.4. The summed E-state index contributed by atoms with van der Waals surface area (Å²) < 4.78 is 14.3. The van der Waals surface area contributed by atoms with E-state index in [0.717, 1.165) is 40.5 Å². The molecule has 0 radical (unpaired) electrons. The highest BCUT2D eigenvalue weighted by atomic mass is 79.9. The molecule has 2 aliphatic heterocycles. The van der Waals surface area contributed by atoms with Crippen molar-refractivity contribution in [3.05, 3.63) is 108 Å². The van der Waals surface area contributed by atoms with Crippen LogP contribution in [0.4, 0.5) is 5.69 Å². The van der Waals surface area contributed by atoms with Crippen molar-refractivity contribution in [1.82, 2.24) is 5.06 Å². The molecule has 3 heterocycles. The first-order chi connectivity index (χ1) is 20.0. The van der Waals surface area contributed by atoms with Gasteiger partial charge in [0, 0.05) is 31.0 Å². The molecular formula is C32H28BrN3O6. The van der Waals surface area contributed by atoms with E-state index in [1.54, 1.807) is 0 Å². The standard InChI is InChI=1S/C32H28N3O6.BrH/c1-2-33-24-8-3-5-10-26(24)39-30(33)12-7-13-31-34(25-9-4-6-11-27(25)40-31)21-23-16-14-22(15-17-23)20-32(38)41-35-28(36)18-19-29(35)37;/h3-17H,2,18-21H2,1H3;1H/q+1;/p-1. The second-order valence-corrected chi connectivity index (χ2v) is 9.71. The number of halogens is 1. The Balaban J connectivity index is 0.00000353. The average molecular weight is 630 g/mol. The van der Waals surface area contributed by atoms with Crippen molar-refractivity contribution in [2.45, 2.75) is 32.7 Å². The first kappa shape index (κ1) is 28.8. The van der Waals surface area contributed by atoms with Gasteiger partial charge in [0.2, 0.25) is 11.5 Å². The van der Waals surface area contributed by atoms with Gasteiger partial charge in [-0.3, -0.25) is 9.59 Å². The highest BCUT2D eigenvalue weighted by molar-refractivity contribution is 6.01. The zero-order chi connectivity index (χ0) is 28.3. The van der Waals surface area contributed by atoms with Crippen molar-refractivity contribution in [2.24, 2.45) is 0 Å². The number of allylic oxidation sites excluding steroid dienone is 2. The number of imide groups is 1. The smallest absolute Gasteiger partial charge is 0.374 e. The summed E-state index contributed by atoms with van der Waals surface area (Å²) in [5.41, 5.74) is 4.48. The third kappa shape index (κ3) is 5.84. The summed E-state index contributed by atoms with van der Waals surface area (Å²) in [4.78, 5) is 42.8. The summed E-state index contributed by atoms with van der Waals surface area (Å²) in [7, 11) is 0. The lowest BCUT2D eigenvalue weighted by Crippen LogP contribution is -3.00. The molecule has 0 unspecified atom stereocenters. The third-order valence-electron chi connectivity index (χ3n) is 6.98. The van der Waals surface area contributed by atoms with E-state index in [1.165, 1.54) is 0 Å². The molecule has 0 atom stereocenters. The fourth-order valence-corrected chi connectivity index (χ4v) is 4.96. The first-order valence-electron chi connectivity index (χ1n) is 13.5. The maximum atomic E-state index is 12.3. The summed E-state index contributed by atoms with van der Waals surface area (Å²) in [5.74, 6) is 0.617. The van der Waals surface area contributed by atoms with Gasteiger partial charge in [-0.05, 0) is 42.8 Å². The van der Waals surface area contributed by atoms with Crippen LogP contribution in [-0.4, -0.2) is 29.4 Å². The van der Waals surface area contributed by atoms with Gasteiger partial charge >= 0.3 is 11.9 Å². The van der Waals surface area contributed by atoms with Crippen molar-refractivity contribution in [1.29, 1.82) is 0 Å². The molecule has 1 saturated heterocycles. The monoisotopic (exact) mass is 629 g/mol. The Hall–Kier alpha value is -4.70. The molecule has 0 aliphatic carbocycles. The molecule has 1 fully saturated rings. The molecule has 4 aromatic rings. The van der Waals surface area contributed by atoms with Gasteiger partial charge in [0.25, 0.3) is 17.3 Å². The lowest BCUT2D eigenvalue weighted by Gasteiger charge is -2.14. The van der Waals surface area contributed by atoms with Gasteiger partial charge in [0.05, 0.1) is 18.2 Å². The molecule has 0 N–H and O–H groups in total. The molecule has 0 saturated carbocycles. The maximum absolute atomic E-state index is 12.3. The number of carbonyl (C=O) groups is 3. The lowest BCUT2D eigenvalue weighted by atomic mass is 10.1. The van der Waals surface area contributed by atoms with Crippen molar-refractivity contribution >= 4 is 40.6 Å². The van der Waals surface area contributed by atoms with E-state index < -0.39 is 17.8 Å². The topological polar surface area (TPSA) is 93.2 Å². The Labute approximate surface area is 253 Å². The Morgan fingerprint density at radius 1 is 0.952 bits per heavy atom. The molecule has 1 aromatic heterocycles. The van der Waals surface area contributed by atoms with Crippen LogP contribution in [0.3, 0.4) is 0 Å². The van der Waals surface area contributed by atoms with E-state index in [9.17, 15) is 14.4 Å². The third-order valence-corrected chi connectivity index (χ3v) is 6.98. The van der Waals surface area contributed by atoms with Gasteiger partial charge in [-0.15, -0.1) is 5.06 Å². The summed E-state index contributed by atoms with van der Waals surface area (Å²) in [5, 5.41) is 0.569. The van der Waals surface area contributed by atoms with Gasteiger partial charge in [-0.2, -0.15) is 4.57 Å². The number of benzene rings is 3. The molecule has 2 aliphatic rings. The number of nitrogens with zero attached hydrogens (tertiary/aromatic N) is 3. The number of fused-ring (bicyclic) bond motifs is 2. The van der Waals surface area contributed by atoms with E-state index in [0.29, 0.717) is 23.1 Å². The van der Waals surface area contributed by atoms with Crippen molar-refractivity contribution in [3.8, 4) is 5.75 Å².